The monoisotopic (exact) mass is 953 g/mol. The van der Waals surface area contributed by atoms with E-state index in [4.69, 9.17) is 4.42 Å². The van der Waals surface area contributed by atoms with Crippen LogP contribution in [0.15, 0.2) is 199 Å². The van der Waals surface area contributed by atoms with Crippen molar-refractivity contribution in [3.63, 3.8) is 0 Å². The molecule has 0 saturated carbocycles. The van der Waals surface area contributed by atoms with E-state index in [9.17, 15) is 0 Å². The summed E-state index contributed by atoms with van der Waals surface area (Å²) < 4.78 is 9.80. The Kier molecular flexibility index (Phi) is 8.73. The van der Waals surface area contributed by atoms with Crippen LogP contribution < -0.4 is 20.7 Å². The third-order valence-corrected chi connectivity index (χ3v) is 17.0. The molecule has 4 nitrogen and oxygen atoms in total. The number of hydrogen-bond acceptors (Lipinski definition) is 3. The van der Waals surface area contributed by atoms with Gasteiger partial charge in [0.25, 0.3) is 0 Å². The fraction of sp³-hybridized carbons (Fsp3) is 0.159. The van der Waals surface area contributed by atoms with Crippen LogP contribution in [0.5, 0.6) is 0 Å². The number of anilines is 6. The summed E-state index contributed by atoms with van der Waals surface area (Å²) in [6.07, 6.45) is 0. The van der Waals surface area contributed by atoms with E-state index in [1.54, 1.807) is 0 Å². The van der Waals surface area contributed by atoms with E-state index in [0.717, 1.165) is 50.4 Å². The SMILES string of the molecule is CC(C)(C)c1ccc(N(c2ccc(C(C)(C)C)cc2)c2ccc3c(c2)B2c4c(cc5c(c4N3c3cccc4c3oc3ccccc34)C(C)(C)c3ccccc3-5)-c3cccc4c5cc6ccccc6cc5n2c34)cc1. The van der Waals surface area contributed by atoms with Gasteiger partial charge in [-0.05, 0) is 144 Å². The average molecular weight is 954 g/mol. The predicted octanol–water partition coefficient (Wildman–Crippen LogP) is 17.6. The van der Waals surface area contributed by atoms with Crippen LogP contribution in [-0.4, -0.2) is 11.3 Å². The zero-order valence-corrected chi connectivity index (χ0v) is 43.3. The molecule has 15 rings (SSSR count). The fourth-order valence-corrected chi connectivity index (χ4v) is 13.4. The fourth-order valence-electron chi connectivity index (χ4n) is 13.4. The topological polar surface area (TPSA) is 24.6 Å². The van der Waals surface area contributed by atoms with E-state index in [0.29, 0.717) is 0 Å². The van der Waals surface area contributed by atoms with Gasteiger partial charge in [0.2, 0.25) is 0 Å². The van der Waals surface area contributed by atoms with Gasteiger partial charge in [0, 0.05) is 72.0 Å². The molecule has 0 spiro atoms. The van der Waals surface area contributed by atoms with Crippen LogP contribution in [-0.2, 0) is 16.2 Å². The second-order valence-electron chi connectivity index (χ2n) is 23.7. The van der Waals surface area contributed by atoms with E-state index >= 15 is 0 Å². The Morgan fingerprint density at radius 1 is 0.486 bits per heavy atom. The summed E-state index contributed by atoms with van der Waals surface area (Å²) >= 11 is 0. The van der Waals surface area contributed by atoms with E-state index in [1.807, 2.05) is 0 Å². The molecule has 0 radical (unpaired) electrons. The highest BCUT2D eigenvalue weighted by Crippen LogP contribution is 2.58. The van der Waals surface area contributed by atoms with Crippen molar-refractivity contribution in [2.45, 2.75) is 71.6 Å². The first-order valence-electron chi connectivity index (χ1n) is 26.4. The number of hydrogen-bond donors (Lipinski definition) is 0. The zero-order valence-electron chi connectivity index (χ0n) is 43.3. The standard InChI is InChI=1S/C69H56BN3O/c1-67(2,3)43-27-31-45(32-28-43)71(46-33-29-44(30-34-46)68(4,5)6)47-35-36-58-57(39-47)70-63-55(51-22-15-21-50-53-37-41-17-9-10-18-42(41)38-60(53)73(70)64(50)51)40-54-48-19-11-13-24-56(48)69(7,8)62(54)65(63)72(58)59-25-16-23-52-49-20-12-14-26-61(49)74-66(52)59/h9-40H,1-8H3. The molecule has 74 heavy (non-hydrogen) atoms. The number of benzene rings is 10. The van der Waals surface area contributed by atoms with Gasteiger partial charge in [-0.1, -0.05) is 177 Å². The zero-order chi connectivity index (χ0) is 50.2. The molecule has 356 valence electrons. The van der Waals surface area contributed by atoms with Crippen LogP contribution in [0.2, 0.25) is 0 Å². The maximum Gasteiger partial charge on any atom is 0.333 e. The molecule has 12 aromatic rings. The van der Waals surface area contributed by atoms with Crippen LogP contribution in [0.25, 0.3) is 76.8 Å². The van der Waals surface area contributed by atoms with E-state index in [2.05, 4.69) is 264 Å². The van der Waals surface area contributed by atoms with Crippen molar-refractivity contribution < 1.29 is 4.42 Å². The van der Waals surface area contributed by atoms with Gasteiger partial charge in [0.1, 0.15) is 5.58 Å². The van der Waals surface area contributed by atoms with Crippen molar-refractivity contribution in [1.29, 1.82) is 0 Å². The van der Waals surface area contributed by atoms with Crippen molar-refractivity contribution in [3.05, 3.63) is 216 Å². The van der Waals surface area contributed by atoms with Crippen molar-refractivity contribution in [3.8, 4) is 22.3 Å². The summed E-state index contributed by atoms with van der Waals surface area (Å²) in [7, 11) is 0. The lowest BCUT2D eigenvalue weighted by Crippen LogP contribution is -2.57. The van der Waals surface area contributed by atoms with Crippen LogP contribution >= 0.6 is 0 Å². The Balaban J connectivity index is 1.09. The highest BCUT2D eigenvalue weighted by Gasteiger charge is 2.49. The smallest absolute Gasteiger partial charge is 0.333 e. The third-order valence-electron chi connectivity index (χ3n) is 17.0. The summed E-state index contributed by atoms with van der Waals surface area (Å²) in [4.78, 5) is 5.08. The Morgan fingerprint density at radius 3 is 1.82 bits per heavy atom. The molecule has 0 amide bonds. The van der Waals surface area contributed by atoms with E-state index in [1.165, 1.54) is 93.7 Å². The first-order valence-corrected chi connectivity index (χ1v) is 26.4. The van der Waals surface area contributed by atoms with Gasteiger partial charge < -0.3 is 18.7 Å². The third kappa shape index (κ3) is 5.92. The van der Waals surface area contributed by atoms with E-state index < -0.39 is 0 Å². The molecular weight excluding hydrogens is 898 g/mol. The van der Waals surface area contributed by atoms with Crippen LogP contribution in [0.3, 0.4) is 0 Å². The summed E-state index contributed by atoms with van der Waals surface area (Å²) in [6, 6.07) is 73.5. The van der Waals surface area contributed by atoms with Gasteiger partial charge in [-0.15, -0.1) is 0 Å². The average Bonchev–Trinajstić information content (AvgIpc) is 4.05. The number of nitrogens with zero attached hydrogens (tertiary/aromatic N) is 3. The minimum Gasteiger partial charge on any atom is -0.454 e. The molecule has 4 heterocycles. The molecule has 0 N–H and O–H groups in total. The molecule has 3 aliphatic rings. The summed E-state index contributed by atoms with van der Waals surface area (Å²) in [6.45, 7) is 18.4. The molecule has 2 aromatic heterocycles. The molecule has 2 aliphatic heterocycles. The summed E-state index contributed by atoms with van der Waals surface area (Å²) in [5.41, 5.74) is 23.8. The Morgan fingerprint density at radius 2 is 1.09 bits per heavy atom. The molecule has 5 heteroatoms. The van der Waals surface area contributed by atoms with Crippen LogP contribution in [0.4, 0.5) is 34.1 Å². The first-order chi connectivity index (χ1) is 35.7. The highest BCUT2D eigenvalue weighted by atomic mass is 16.3. The number of furan rings is 1. The highest BCUT2D eigenvalue weighted by molar-refractivity contribution is 6.90. The molecule has 0 bridgehead atoms. The normalized spacial score (nSPS) is 14.3. The molecule has 0 fully saturated rings. The number of fused-ring (bicyclic) bond motifs is 15. The molecule has 10 aromatic carbocycles. The van der Waals surface area contributed by atoms with Crippen molar-refractivity contribution in [2.75, 3.05) is 9.80 Å². The molecule has 0 saturated heterocycles. The minimum atomic E-state index is -0.325. The Hall–Kier alpha value is -8.28. The van der Waals surface area contributed by atoms with Gasteiger partial charge in [-0.2, -0.15) is 0 Å². The van der Waals surface area contributed by atoms with Gasteiger partial charge in [0.05, 0.1) is 5.69 Å². The summed E-state index contributed by atoms with van der Waals surface area (Å²) in [5.74, 6) is 0. The number of aromatic nitrogens is 1. The molecule has 1 aliphatic carbocycles. The maximum atomic E-state index is 7.08. The van der Waals surface area contributed by atoms with E-state index in [-0.39, 0.29) is 23.1 Å². The number of para-hydroxylation sites is 3. The van der Waals surface area contributed by atoms with Gasteiger partial charge in [0.15, 0.2) is 5.58 Å². The largest absolute Gasteiger partial charge is 0.454 e. The maximum absolute atomic E-state index is 7.08. The lowest BCUT2D eigenvalue weighted by atomic mass is 9.44. The lowest BCUT2D eigenvalue weighted by Gasteiger charge is -2.43. The van der Waals surface area contributed by atoms with Gasteiger partial charge in [-0.3, -0.25) is 0 Å². The molecule has 0 atom stereocenters. The molecular formula is C69H56BN3O. The van der Waals surface area contributed by atoms with Crippen molar-refractivity contribution in [2.24, 2.45) is 0 Å². The quantitative estimate of drug-likeness (QED) is 0.164. The first kappa shape index (κ1) is 43.3. The van der Waals surface area contributed by atoms with Gasteiger partial charge >= 0.3 is 6.85 Å². The van der Waals surface area contributed by atoms with Gasteiger partial charge in [-0.25, -0.2) is 0 Å². The second-order valence-corrected chi connectivity index (χ2v) is 23.7. The van der Waals surface area contributed by atoms with Crippen LogP contribution in [0.1, 0.15) is 77.6 Å². The van der Waals surface area contributed by atoms with Crippen LogP contribution in [0, 0.1) is 0 Å². The number of rotatable bonds is 4. The van der Waals surface area contributed by atoms with Crippen molar-refractivity contribution in [1.82, 2.24) is 4.48 Å². The lowest BCUT2D eigenvalue weighted by molar-refractivity contribution is 0.590. The Labute approximate surface area is 433 Å². The second kappa shape index (κ2) is 14.9. The summed E-state index contributed by atoms with van der Waals surface area (Å²) in [5, 5.41) is 7.28. The predicted molar refractivity (Wildman–Crippen MR) is 314 cm³/mol. The van der Waals surface area contributed by atoms with Crippen molar-refractivity contribution >= 4 is 106 Å². The molecule has 0 unspecified atom stereocenters. The minimum absolute atomic E-state index is 0.0182. The Bertz CT molecular complexity index is 4310.